The number of nitrogen functional groups attached to an aromatic ring is 1. The number of benzene rings is 1. The molecule has 0 fully saturated rings. The number of nitrogens with two attached hydrogens (primary N) is 1. The van der Waals surface area contributed by atoms with Crippen molar-refractivity contribution in [3.8, 4) is 0 Å². The molecule has 1 aromatic rings. The Labute approximate surface area is 121 Å². The normalized spacial score (nSPS) is 14.2. The second-order valence-corrected chi connectivity index (χ2v) is 8.06. The zero-order valence-electron chi connectivity index (χ0n) is 12.5. The Morgan fingerprint density at radius 3 is 2.45 bits per heavy atom. The summed E-state index contributed by atoms with van der Waals surface area (Å²) >= 11 is 0. The predicted molar refractivity (Wildman–Crippen MR) is 80.9 cm³/mol. The maximum Gasteiger partial charge on any atom is 0.240 e. The molecule has 0 radical (unpaired) electrons. The fourth-order valence-electron chi connectivity index (χ4n) is 1.88. The molecule has 114 valence electrons. The zero-order chi connectivity index (χ0) is 15.6. The first-order chi connectivity index (χ1) is 9.01. The molecule has 1 rings (SSSR count). The summed E-state index contributed by atoms with van der Waals surface area (Å²) in [6.07, 6.45) is -0.185. The second kappa shape index (κ2) is 6.11. The molecule has 20 heavy (non-hydrogen) atoms. The molecule has 0 aliphatic heterocycles. The highest BCUT2D eigenvalue weighted by Gasteiger charge is 2.20. The monoisotopic (exact) mass is 300 g/mol. The van der Waals surface area contributed by atoms with Crippen LogP contribution in [0.5, 0.6) is 0 Å². The first-order valence-corrected chi connectivity index (χ1v) is 8.03. The standard InChI is InChI=1S/C14H24N2O3S/c1-10-7-12(5-6-13(10)15)20(18,19)16-9-11(17)8-14(2,3)4/h5-7,11,16-17H,8-9,15H2,1-4H3. The van der Waals surface area contributed by atoms with Crippen molar-refractivity contribution in [2.24, 2.45) is 5.41 Å². The van der Waals surface area contributed by atoms with Crippen LogP contribution in [0.1, 0.15) is 32.8 Å². The molecule has 0 aliphatic rings. The molecule has 1 atom stereocenters. The van der Waals surface area contributed by atoms with Gasteiger partial charge in [0.15, 0.2) is 0 Å². The third-order valence-corrected chi connectivity index (χ3v) is 4.33. The van der Waals surface area contributed by atoms with Gasteiger partial charge in [-0.3, -0.25) is 0 Å². The van der Waals surface area contributed by atoms with Crippen molar-refractivity contribution in [2.45, 2.75) is 45.1 Å². The second-order valence-electron chi connectivity index (χ2n) is 6.29. The highest BCUT2D eigenvalue weighted by atomic mass is 32.2. The minimum absolute atomic E-state index is 0.00300. The van der Waals surface area contributed by atoms with Crippen LogP contribution in [-0.2, 0) is 10.0 Å². The van der Waals surface area contributed by atoms with Gasteiger partial charge in [0.05, 0.1) is 11.0 Å². The van der Waals surface area contributed by atoms with E-state index in [1.165, 1.54) is 12.1 Å². The van der Waals surface area contributed by atoms with E-state index in [2.05, 4.69) is 4.72 Å². The van der Waals surface area contributed by atoms with Gasteiger partial charge >= 0.3 is 0 Å². The molecular formula is C14H24N2O3S. The molecule has 6 heteroatoms. The summed E-state index contributed by atoms with van der Waals surface area (Å²) in [5.41, 5.74) is 6.88. The Kier molecular flexibility index (Phi) is 5.18. The van der Waals surface area contributed by atoms with Crippen molar-refractivity contribution in [3.05, 3.63) is 23.8 Å². The number of aryl methyl sites for hydroxylation is 1. The molecule has 0 spiro atoms. The van der Waals surface area contributed by atoms with Gasteiger partial charge < -0.3 is 10.8 Å². The smallest absolute Gasteiger partial charge is 0.240 e. The Bertz CT molecular complexity index is 562. The molecule has 0 aromatic heterocycles. The van der Waals surface area contributed by atoms with E-state index >= 15 is 0 Å². The van der Waals surface area contributed by atoms with Crippen molar-refractivity contribution >= 4 is 15.7 Å². The fourth-order valence-corrected chi connectivity index (χ4v) is 3.04. The van der Waals surface area contributed by atoms with Gasteiger partial charge in [0, 0.05) is 12.2 Å². The van der Waals surface area contributed by atoms with E-state index in [4.69, 9.17) is 5.73 Å². The molecule has 0 bridgehead atoms. The van der Waals surface area contributed by atoms with Gasteiger partial charge in [-0.25, -0.2) is 13.1 Å². The molecular weight excluding hydrogens is 276 g/mol. The first kappa shape index (κ1) is 16.9. The largest absolute Gasteiger partial charge is 0.399 e. The Hall–Kier alpha value is -1.11. The van der Waals surface area contributed by atoms with Gasteiger partial charge in [0.25, 0.3) is 0 Å². The lowest BCUT2D eigenvalue weighted by molar-refractivity contribution is 0.125. The van der Waals surface area contributed by atoms with E-state index in [1.54, 1.807) is 13.0 Å². The Balaban J connectivity index is 2.73. The summed E-state index contributed by atoms with van der Waals surface area (Å²) < 4.78 is 26.6. The number of hydrogen-bond acceptors (Lipinski definition) is 4. The van der Waals surface area contributed by atoms with Gasteiger partial charge in [0.1, 0.15) is 0 Å². The molecule has 0 aliphatic carbocycles. The average Bonchev–Trinajstić information content (AvgIpc) is 2.28. The lowest BCUT2D eigenvalue weighted by Crippen LogP contribution is -2.34. The predicted octanol–water partition coefficient (Wildman–Crippen LogP) is 1.65. The first-order valence-electron chi connectivity index (χ1n) is 6.55. The van der Waals surface area contributed by atoms with Gasteiger partial charge in [-0.1, -0.05) is 20.8 Å². The minimum atomic E-state index is -3.62. The van der Waals surface area contributed by atoms with E-state index in [1.807, 2.05) is 20.8 Å². The molecule has 0 amide bonds. The van der Waals surface area contributed by atoms with Crippen LogP contribution in [0.15, 0.2) is 23.1 Å². The van der Waals surface area contributed by atoms with Crippen LogP contribution >= 0.6 is 0 Å². The molecule has 4 N–H and O–H groups in total. The summed E-state index contributed by atoms with van der Waals surface area (Å²) in [4.78, 5) is 0.159. The summed E-state index contributed by atoms with van der Waals surface area (Å²) in [6.45, 7) is 7.74. The lowest BCUT2D eigenvalue weighted by atomic mass is 9.89. The Morgan fingerprint density at radius 2 is 1.95 bits per heavy atom. The highest BCUT2D eigenvalue weighted by molar-refractivity contribution is 7.89. The Morgan fingerprint density at radius 1 is 1.35 bits per heavy atom. The van der Waals surface area contributed by atoms with E-state index < -0.39 is 16.1 Å². The van der Waals surface area contributed by atoms with E-state index in [9.17, 15) is 13.5 Å². The van der Waals surface area contributed by atoms with Gasteiger partial charge in [0.2, 0.25) is 10.0 Å². The van der Waals surface area contributed by atoms with Crippen LogP contribution in [-0.4, -0.2) is 26.2 Å². The summed E-state index contributed by atoms with van der Waals surface area (Å²) in [6, 6.07) is 4.55. The van der Waals surface area contributed by atoms with Crippen molar-refractivity contribution in [3.63, 3.8) is 0 Å². The van der Waals surface area contributed by atoms with Crippen LogP contribution < -0.4 is 10.5 Å². The summed E-state index contributed by atoms with van der Waals surface area (Å²) in [7, 11) is -3.62. The van der Waals surface area contributed by atoms with Gasteiger partial charge in [-0.05, 0) is 42.5 Å². The van der Waals surface area contributed by atoms with Crippen molar-refractivity contribution in [1.82, 2.24) is 4.72 Å². The minimum Gasteiger partial charge on any atom is -0.399 e. The quantitative estimate of drug-likeness (QED) is 0.721. The summed E-state index contributed by atoms with van der Waals surface area (Å²) in [5.74, 6) is 0. The maximum absolute atomic E-state index is 12.1. The molecule has 0 heterocycles. The number of aliphatic hydroxyl groups is 1. The highest BCUT2D eigenvalue weighted by Crippen LogP contribution is 2.21. The van der Waals surface area contributed by atoms with Crippen molar-refractivity contribution in [1.29, 1.82) is 0 Å². The van der Waals surface area contributed by atoms with Crippen LogP contribution in [0.2, 0.25) is 0 Å². The van der Waals surface area contributed by atoms with Gasteiger partial charge in [-0.15, -0.1) is 0 Å². The van der Waals surface area contributed by atoms with E-state index in [0.29, 0.717) is 17.7 Å². The van der Waals surface area contributed by atoms with E-state index in [-0.39, 0.29) is 16.9 Å². The van der Waals surface area contributed by atoms with Crippen LogP contribution in [0.3, 0.4) is 0 Å². The number of rotatable bonds is 5. The molecule has 0 saturated carbocycles. The van der Waals surface area contributed by atoms with Gasteiger partial charge in [-0.2, -0.15) is 0 Å². The third kappa shape index (κ3) is 5.11. The SMILES string of the molecule is Cc1cc(S(=O)(=O)NCC(O)CC(C)(C)C)ccc1N. The fraction of sp³-hybridized carbons (Fsp3) is 0.571. The van der Waals surface area contributed by atoms with E-state index in [0.717, 1.165) is 0 Å². The van der Waals surface area contributed by atoms with Crippen molar-refractivity contribution < 1.29 is 13.5 Å². The lowest BCUT2D eigenvalue weighted by Gasteiger charge is -2.22. The van der Waals surface area contributed by atoms with Crippen LogP contribution in [0.4, 0.5) is 5.69 Å². The molecule has 1 unspecified atom stereocenters. The van der Waals surface area contributed by atoms with Crippen molar-refractivity contribution in [2.75, 3.05) is 12.3 Å². The summed E-state index contributed by atoms with van der Waals surface area (Å²) in [5, 5.41) is 9.85. The number of aliphatic hydroxyl groups excluding tert-OH is 1. The number of sulfonamides is 1. The maximum atomic E-state index is 12.1. The number of anilines is 1. The van der Waals surface area contributed by atoms with Crippen LogP contribution in [0.25, 0.3) is 0 Å². The molecule has 5 nitrogen and oxygen atoms in total. The third-order valence-electron chi connectivity index (χ3n) is 2.91. The molecule has 1 aromatic carbocycles. The number of hydrogen-bond donors (Lipinski definition) is 3. The van der Waals surface area contributed by atoms with Crippen LogP contribution in [0, 0.1) is 12.3 Å². The molecule has 0 saturated heterocycles. The zero-order valence-corrected chi connectivity index (χ0v) is 13.3. The number of nitrogens with one attached hydrogen (secondary N) is 1. The topological polar surface area (TPSA) is 92.4 Å². The average molecular weight is 300 g/mol.